The smallest absolute Gasteiger partial charge is 0.336 e. The molecule has 6 nitrogen and oxygen atoms in total. The van der Waals surface area contributed by atoms with Crippen molar-refractivity contribution in [2.45, 2.75) is 37.6 Å². The van der Waals surface area contributed by atoms with E-state index in [-0.39, 0.29) is 11.8 Å². The van der Waals surface area contributed by atoms with Crippen molar-refractivity contribution in [2.75, 3.05) is 11.1 Å². The average Bonchev–Trinajstić information content (AvgIpc) is 3.27. The fourth-order valence-electron chi connectivity index (χ4n) is 4.58. The van der Waals surface area contributed by atoms with E-state index in [9.17, 15) is 14.4 Å². The van der Waals surface area contributed by atoms with Gasteiger partial charge in [0.05, 0.1) is 0 Å². The van der Waals surface area contributed by atoms with Crippen molar-refractivity contribution in [3.05, 3.63) is 75.6 Å². The Morgan fingerprint density at radius 1 is 1.13 bits per heavy atom. The molecule has 2 aliphatic rings. The Hall–Kier alpha value is -3.06. The highest BCUT2D eigenvalue weighted by Gasteiger charge is 2.56. The zero-order valence-electron chi connectivity index (χ0n) is 17.3. The van der Waals surface area contributed by atoms with Crippen LogP contribution >= 0.6 is 11.8 Å². The van der Waals surface area contributed by atoms with Gasteiger partial charge in [0, 0.05) is 35.4 Å². The second-order valence-corrected chi connectivity index (χ2v) is 9.49. The van der Waals surface area contributed by atoms with Gasteiger partial charge in [0.15, 0.2) is 0 Å². The van der Waals surface area contributed by atoms with Crippen LogP contribution in [0.5, 0.6) is 0 Å². The van der Waals surface area contributed by atoms with Gasteiger partial charge in [0.2, 0.25) is 11.8 Å². The Kier molecular flexibility index (Phi) is 4.66. The molecule has 2 fully saturated rings. The molecule has 0 spiro atoms. The Labute approximate surface area is 183 Å². The molecule has 2 aromatic carbocycles. The van der Waals surface area contributed by atoms with Gasteiger partial charge in [-0.3, -0.25) is 9.59 Å². The van der Waals surface area contributed by atoms with Crippen LogP contribution in [0.3, 0.4) is 0 Å². The summed E-state index contributed by atoms with van der Waals surface area (Å²) in [5, 5.41) is 3.74. The van der Waals surface area contributed by atoms with Crippen molar-refractivity contribution < 1.29 is 14.0 Å². The number of aryl methyl sites for hydroxylation is 2. The zero-order valence-corrected chi connectivity index (χ0v) is 18.1. The summed E-state index contributed by atoms with van der Waals surface area (Å²) >= 11 is 1.66. The van der Waals surface area contributed by atoms with Crippen molar-refractivity contribution in [3.8, 4) is 0 Å². The van der Waals surface area contributed by atoms with E-state index >= 15 is 0 Å². The molecule has 0 radical (unpaired) electrons. The van der Waals surface area contributed by atoms with Crippen LogP contribution in [0, 0.1) is 13.8 Å². The van der Waals surface area contributed by atoms with Gasteiger partial charge in [-0.1, -0.05) is 29.8 Å². The van der Waals surface area contributed by atoms with E-state index in [1.807, 2.05) is 32.0 Å². The largest absolute Gasteiger partial charge is 0.423 e. The van der Waals surface area contributed by atoms with E-state index in [1.165, 1.54) is 6.07 Å². The molecule has 1 N–H and O–H groups in total. The standard InChI is InChI=1S/C24H22N2O4S/c1-14-3-5-16(6-4-14)24-10-9-21(27)26(24)19(13-31-24)23(29)25-17-7-8-18-15(2)11-22(28)30-20(18)12-17/h3-8,11-12,19H,9-10,13H2,1-2H3,(H,25,29)/t19-,24-/m1/s1. The van der Waals surface area contributed by atoms with E-state index in [2.05, 4.69) is 17.4 Å². The fourth-order valence-corrected chi connectivity index (χ4v) is 6.23. The van der Waals surface area contributed by atoms with Gasteiger partial charge in [-0.15, -0.1) is 11.8 Å². The maximum absolute atomic E-state index is 13.2. The third-order valence-electron chi connectivity index (χ3n) is 6.15. The lowest BCUT2D eigenvalue weighted by atomic mass is 10.0. The van der Waals surface area contributed by atoms with Crippen LogP contribution in [-0.4, -0.2) is 28.5 Å². The highest BCUT2D eigenvalue weighted by atomic mass is 32.2. The number of hydrogen-bond donors (Lipinski definition) is 1. The lowest BCUT2D eigenvalue weighted by Gasteiger charge is -2.34. The number of fused-ring (bicyclic) bond motifs is 2. The summed E-state index contributed by atoms with van der Waals surface area (Å²) in [4.78, 5) is 39.0. The van der Waals surface area contributed by atoms with Crippen LogP contribution in [0.4, 0.5) is 5.69 Å². The highest BCUT2D eigenvalue weighted by molar-refractivity contribution is 8.00. The third-order valence-corrected chi connectivity index (χ3v) is 7.75. The van der Waals surface area contributed by atoms with Gasteiger partial charge >= 0.3 is 5.63 Å². The van der Waals surface area contributed by atoms with E-state index < -0.39 is 16.5 Å². The molecule has 3 heterocycles. The quantitative estimate of drug-likeness (QED) is 0.632. The number of rotatable bonds is 3. The molecular weight excluding hydrogens is 412 g/mol. The number of anilines is 1. The average molecular weight is 435 g/mol. The maximum Gasteiger partial charge on any atom is 0.336 e. The summed E-state index contributed by atoms with van der Waals surface area (Å²) < 4.78 is 5.28. The fraction of sp³-hybridized carbons (Fsp3) is 0.292. The Morgan fingerprint density at radius 2 is 1.90 bits per heavy atom. The molecule has 0 bridgehead atoms. The van der Waals surface area contributed by atoms with Gasteiger partial charge < -0.3 is 14.6 Å². The number of carbonyl (C=O) groups excluding carboxylic acids is 2. The van der Waals surface area contributed by atoms with Crippen molar-refractivity contribution in [3.63, 3.8) is 0 Å². The number of carbonyl (C=O) groups is 2. The monoisotopic (exact) mass is 434 g/mol. The molecular formula is C24H22N2O4S. The molecule has 2 atom stereocenters. The first-order chi connectivity index (χ1) is 14.9. The second kappa shape index (κ2) is 7.27. The van der Waals surface area contributed by atoms with Crippen LogP contribution in [0.2, 0.25) is 0 Å². The molecule has 2 aliphatic heterocycles. The van der Waals surface area contributed by atoms with Crippen LogP contribution in [0.25, 0.3) is 11.0 Å². The Bertz CT molecular complexity index is 1270. The number of benzene rings is 2. The molecule has 1 aromatic heterocycles. The van der Waals surface area contributed by atoms with Gasteiger partial charge in [-0.05, 0) is 43.5 Å². The van der Waals surface area contributed by atoms with Gasteiger partial charge in [-0.2, -0.15) is 0 Å². The van der Waals surface area contributed by atoms with Crippen LogP contribution < -0.4 is 10.9 Å². The molecule has 2 amide bonds. The maximum atomic E-state index is 13.2. The number of nitrogens with one attached hydrogen (secondary N) is 1. The van der Waals surface area contributed by atoms with E-state index in [0.717, 1.165) is 22.1 Å². The molecule has 2 saturated heterocycles. The molecule has 7 heteroatoms. The van der Waals surface area contributed by atoms with E-state index in [1.54, 1.807) is 28.8 Å². The minimum atomic E-state index is -0.554. The second-order valence-electron chi connectivity index (χ2n) is 8.19. The summed E-state index contributed by atoms with van der Waals surface area (Å²) in [6.45, 7) is 3.88. The van der Waals surface area contributed by atoms with Crippen LogP contribution in [-0.2, 0) is 14.5 Å². The molecule has 0 saturated carbocycles. The zero-order chi connectivity index (χ0) is 21.8. The summed E-state index contributed by atoms with van der Waals surface area (Å²) in [7, 11) is 0. The molecule has 158 valence electrons. The molecule has 0 unspecified atom stereocenters. The summed E-state index contributed by atoms with van der Waals surface area (Å²) in [5.41, 5.74) is 3.58. The normalized spacial score (nSPS) is 22.7. The number of nitrogens with zero attached hydrogens (tertiary/aromatic N) is 1. The van der Waals surface area contributed by atoms with Crippen LogP contribution in [0.1, 0.15) is 29.5 Å². The highest BCUT2D eigenvalue weighted by Crippen LogP contribution is 2.54. The summed E-state index contributed by atoms with van der Waals surface area (Å²) in [6, 6.07) is 14.4. The van der Waals surface area contributed by atoms with E-state index in [4.69, 9.17) is 4.42 Å². The molecule has 0 aliphatic carbocycles. The van der Waals surface area contributed by atoms with Crippen molar-refractivity contribution >= 4 is 40.2 Å². The minimum absolute atomic E-state index is 0.00542. The molecule has 3 aromatic rings. The van der Waals surface area contributed by atoms with Crippen molar-refractivity contribution in [1.82, 2.24) is 4.90 Å². The predicted molar refractivity (Wildman–Crippen MR) is 121 cm³/mol. The predicted octanol–water partition coefficient (Wildman–Crippen LogP) is 3.94. The topological polar surface area (TPSA) is 79.6 Å². The first kappa shape index (κ1) is 19.9. The summed E-state index contributed by atoms with van der Waals surface area (Å²) in [6.07, 6.45) is 1.13. The lowest BCUT2D eigenvalue weighted by molar-refractivity contribution is -0.136. The number of thioether (sulfide) groups is 1. The molecule has 31 heavy (non-hydrogen) atoms. The minimum Gasteiger partial charge on any atom is -0.423 e. The first-order valence-corrected chi connectivity index (χ1v) is 11.2. The van der Waals surface area contributed by atoms with Crippen LogP contribution in [0.15, 0.2) is 57.7 Å². The Morgan fingerprint density at radius 3 is 2.68 bits per heavy atom. The van der Waals surface area contributed by atoms with E-state index in [0.29, 0.717) is 29.9 Å². The molecule has 5 rings (SSSR count). The van der Waals surface area contributed by atoms with Crippen molar-refractivity contribution in [2.24, 2.45) is 0 Å². The van der Waals surface area contributed by atoms with Gasteiger partial charge in [0.1, 0.15) is 16.5 Å². The SMILES string of the molecule is Cc1ccc([C@]23CCC(=O)N2[C@@H](C(=O)Nc2ccc4c(C)cc(=O)oc4c2)CS3)cc1. The third kappa shape index (κ3) is 3.24. The number of hydrogen-bond acceptors (Lipinski definition) is 5. The van der Waals surface area contributed by atoms with Gasteiger partial charge in [0.25, 0.3) is 0 Å². The Balaban J connectivity index is 1.43. The summed E-state index contributed by atoms with van der Waals surface area (Å²) in [5.74, 6) is 0.310. The lowest BCUT2D eigenvalue weighted by Crippen LogP contribution is -2.48. The first-order valence-electron chi connectivity index (χ1n) is 10.3. The van der Waals surface area contributed by atoms with Gasteiger partial charge in [-0.25, -0.2) is 4.79 Å². The number of amides is 2. The van der Waals surface area contributed by atoms with Crippen molar-refractivity contribution in [1.29, 1.82) is 0 Å².